The molecule has 2 aliphatic heterocycles. The summed E-state index contributed by atoms with van der Waals surface area (Å²) in [5.74, 6) is 2.84. The number of fused-ring (bicyclic) bond motifs is 3. The molecular formula is C25H29NO6. The lowest BCUT2D eigenvalue weighted by Crippen LogP contribution is -2.43. The maximum Gasteiger partial charge on any atom is 0.410 e. The van der Waals surface area contributed by atoms with Crippen molar-refractivity contribution in [2.45, 2.75) is 51.7 Å². The molecule has 1 amide bonds. The summed E-state index contributed by atoms with van der Waals surface area (Å²) in [6.07, 6.45) is 2.00. The van der Waals surface area contributed by atoms with Crippen LogP contribution in [0.2, 0.25) is 0 Å². The van der Waals surface area contributed by atoms with Gasteiger partial charge in [0.1, 0.15) is 5.60 Å². The highest BCUT2D eigenvalue weighted by molar-refractivity contribution is 5.85. The first kappa shape index (κ1) is 20.8. The number of aryl methyl sites for hydroxylation is 1. The second-order valence-corrected chi connectivity index (χ2v) is 9.40. The summed E-state index contributed by atoms with van der Waals surface area (Å²) in [5.41, 5.74) is 4.87. The molecule has 1 aliphatic carbocycles. The van der Waals surface area contributed by atoms with E-state index in [4.69, 9.17) is 23.7 Å². The van der Waals surface area contributed by atoms with Crippen LogP contribution in [0.1, 0.15) is 49.9 Å². The average molecular weight is 440 g/mol. The van der Waals surface area contributed by atoms with Gasteiger partial charge in [-0.2, -0.15) is 0 Å². The van der Waals surface area contributed by atoms with Crippen LogP contribution in [0.25, 0.3) is 11.1 Å². The second kappa shape index (κ2) is 7.50. The number of benzene rings is 2. The minimum absolute atomic E-state index is 0.118. The number of nitrogens with zero attached hydrogens (tertiary/aromatic N) is 1. The van der Waals surface area contributed by atoms with Gasteiger partial charge >= 0.3 is 6.09 Å². The Balaban J connectivity index is 1.72. The van der Waals surface area contributed by atoms with Crippen LogP contribution >= 0.6 is 0 Å². The van der Waals surface area contributed by atoms with Crippen LogP contribution in [-0.2, 0) is 17.6 Å². The molecule has 5 rings (SSSR count). The summed E-state index contributed by atoms with van der Waals surface area (Å²) >= 11 is 0. The van der Waals surface area contributed by atoms with Gasteiger partial charge in [-0.15, -0.1) is 0 Å². The Hall–Kier alpha value is -3.09. The number of carbonyl (C=O) groups is 1. The molecule has 0 radical (unpaired) electrons. The molecule has 0 saturated carbocycles. The monoisotopic (exact) mass is 439 g/mol. The van der Waals surface area contributed by atoms with Gasteiger partial charge in [0.15, 0.2) is 23.0 Å². The summed E-state index contributed by atoms with van der Waals surface area (Å²) in [5, 5.41) is 0. The lowest BCUT2D eigenvalue weighted by molar-refractivity contribution is 0.0134. The first-order chi connectivity index (χ1) is 15.3. The molecular weight excluding hydrogens is 410 g/mol. The van der Waals surface area contributed by atoms with Crippen molar-refractivity contribution >= 4 is 6.09 Å². The van der Waals surface area contributed by atoms with E-state index in [1.165, 1.54) is 5.56 Å². The predicted octanol–water partition coefficient (Wildman–Crippen LogP) is 4.88. The van der Waals surface area contributed by atoms with Gasteiger partial charge < -0.3 is 28.6 Å². The smallest absolute Gasteiger partial charge is 0.410 e. The number of carbonyl (C=O) groups excluding carboxylic acids is 1. The van der Waals surface area contributed by atoms with Crippen LogP contribution in [0.5, 0.6) is 23.0 Å². The van der Waals surface area contributed by atoms with Gasteiger partial charge in [-0.3, -0.25) is 0 Å². The van der Waals surface area contributed by atoms with E-state index in [-0.39, 0.29) is 18.9 Å². The van der Waals surface area contributed by atoms with Gasteiger partial charge in [0.2, 0.25) is 6.79 Å². The van der Waals surface area contributed by atoms with Crippen molar-refractivity contribution in [1.29, 1.82) is 0 Å². The van der Waals surface area contributed by atoms with Crippen molar-refractivity contribution in [3.8, 4) is 34.1 Å². The number of hydrogen-bond donors (Lipinski definition) is 0. The van der Waals surface area contributed by atoms with E-state index >= 15 is 0 Å². The van der Waals surface area contributed by atoms with Crippen LogP contribution < -0.4 is 18.9 Å². The number of amides is 1. The van der Waals surface area contributed by atoms with E-state index in [9.17, 15) is 4.79 Å². The molecule has 1 atom stereocenters. The van der Waals surface area contributed by atoms with Crippen molar-refractivity contribution in [1.82, 2.24) is 4.90 Å². The number of rotatable bonds is 2. The van der Waals surface area contributed by atoms with Crippen molar-refractivity contribution in [2.24, 2.45) is 0 Å². The number of ether oxygens (including phenoxy) is 5. The fraction of sp³-hybridized carbons (Fsp3) is 0.480. The van der Waals surface area contributed by atoms with Gasteiger partial charge in [0.05, 0.1) is 20.3 Å². The zero-order valence-electron chi connectivity index (χ0n) is 19.2. The third-order valence-electron chi connectivity index (χ3n) is 6.31. The topological polar surface area (TPSA) is 66.5 Å². The molecule has 0 aromatic heterocycles. The lowest BCUT2D eigenvalue weighted by Gasteiger charge is -2.39. The fourth-order valence-corrected chi connectivity index (χ4v) is 5.02. The summed E-state index contributed by atoms with van der Waals surface area (Å²) in [6, 6.07) is 6.02. The molecule has 1 unspecified atom stereocenters. The highest BCUT2D eigenvalue weighted by Crippen LogP contribution is 2.53. The fourth-order valence-electron chi connectivity index (χ4n) is 5.02. The van der Waals surface area contributed by atoms with Crippen LogP contribution in [0.3, 0.4) is 0 Å². The van der Waals surface area contributed by atoms with Crippen LogP contribution in [0.15, 0.2) is 18.2 Å². The zero-order chi connectivity index (χ0) is 22.6. The van der Waals surface area contributed by atoms with E-state index in [1.807, 2.05) is 31.7 Å². The molecule has 7 nitrogen and oxygen atoms in total. The third kappa shape index (κ3) is 3.31. The van der Waals surface area contributed by atoms with E-state index in [0.29, 0.717) is 18.0 Å². The van der Waals surface area contributed by atoms with E-state index in [2.05, 4.69) is 12.1 Å². The molecule has 0 spiro atoms. The molecule has 3 aliphatic rings. The van der Waals surface area contributed by atoms with Crippen LogP contribution in [-0.4, -0.2) is 44.2 Å². The Morgan fingerprint density at radius 1 is 1.03 bits per heavy atom. The molecule has 7 heteroatoms. The summed E-state index contributed by atoms with van der Waals surface area (Å²) in [7, 11) is 3.31. The minimum Gasteiger partial charge on any atom is -0.493 e. The van der Waals surface area contributed by atoms with Gasteiger partial charge in [-0.05, 0) is 80.5 Å². The zero-order valence-corrected chi connectivity index (χ0v) is 19.2. The van der Waals surface area contributed by atoms with E-state index in [0.717, 1.165) is 53.0 Å². The molecule has 2 aromatic carbocycles. The van der Waals surface area contributed by atoms with Gasteiger partial charge in [-0.1, -0.05) is 0 Å². The lowest BCUT2D eigenvalue weighted by atomic mass is 9.85. The van der Waals surface area contributed by atoms with Gasteiger partial charge in [0.25, 0.3) is 0 Å². The first-order valence-electron chi connectivity index (χ1n) is 11.0. The van der Waals surface area contributed by atoms with Crippen LogP contribution in [0, 0.1) is 0 Å². The van der Waals surface area contributed by atoms with Crippen molar-refractivity contribution in [3.63, 3.8) is 0 Å². The third-order valence-corrected chi connectivity index (χ3v) is 6.31. The molecule has 32 heavy (non-hydrogen) atoms. The molecule has 170 valence electrons. The highest BCUT2D eigenvalue weighted by atomic mass is 16.7. The van der Waals surface area contributed by atoms with E-state index in [1.54, 1.807) is 14.2 Å². The normalized spacial score (nSPS) is 18.4. The number of methoxy groups -OCH3 is 2. The summed E-state index contributed by atoms with van der Waals surface area (Å²) < 4.78 is 28.7. The standard InChI is InChI=1S/C25H29NO6/c1-25(2,3)32-24(27)26-9-8-15-11-20(28-4)23(29-5)22-16-12-19-18(30-13-31-19)10-14(16)6-7-17(26)21(15)22/h10-12,17H,6-9,13H2,1-5H3. The highest BCUT2D eigenvalue weighted by Gasteiger charge is 2.39. The Morgan fingerprint density at radius 2 is 1.78 bits per heavy atom. The summed E-state index contributed by atoms with van der Waals surface area (Å²) in [6.45, 7) is 6.51. The first-order valence-corrected chi connectivity index (χ1v) is 11.0. The Kier molecular flexibility index (Phi) is 4.87. The molecule has 0 bridgehead atoms. The van der Waals surface area contributed by atoms with Gasteiger partial charge in [-0.25, -0.2) is 4.79 Å². The number of hydrogen-bond acceptors (Lipinski definition) is 6. The Bertz CT molecular complexity index is 1090. The van der Waals surface area contributed by atoms with Crippen molar-refractivity contribution in [2.75, 3.05) is 27.6 Å². The van der Waals surface area contributed by atoms with E-state index < -0.39 is 5.60 Å². The minimum atomic E-state index is -0.555. The molecule has 0 N–H and O–H groups in total. The van der Waals surface area contributed by atoms with Crippen molar-refractivity contribution in [3.05, 3.63) is 34.9 Å². The quantitative estimate of drug-likeness (QED) is 0.665. The van der Waals surface area contributed by atoms with Gasteiger partial charge in [0, 0.05) is 12.1 Å². The molecule has 0 saturated heterocycles. The van der Waals surface area contributed by atoms with Crippen molar-refractivity contribution < 1.29 is 28.5 Å². The Labute approximate surface area is 188 Å². The largest absolute Gasteiger partial charge is 0.493 e. The second-order valence-electron chi connectivity index (χ2n) is 9.40. The predicted molar refractivity (Wildman–Crippen MR) is 119 cm³/mol. The summed E-state index contributed by atoms with van der Waals surface area (Å²) in [4.78, 5) is 15.0. The SMILES string of the molecule is COc1cc2c3c(c1OC)-c1cc4c(cc1CCC3N(C(=O)OC(C)(C)C)CC2)OCO4. The molecule has 2 aromatic rings. The van der Waals surface area contributed by atoms with Crippen LogP contribution in [0.4, 0.5) is 4.79 Å². The maximum atomic E-state index is 13.2. The Morgan fingerprint density at radius 3 is 2.47 bits per heavy atom. The average Bonchev–Trinajstić information content (AvgIpc) is 3.14. The molecule has 0 fully saturated rings. The maximum absolute atomic E-state index is 13.2. The molecule has 2 heterocycles.